The van der Waals surface area contributed by atoms with E-state index >= 15 is 0 Å². The van der Waals surface area contributed by atoms with E-state index in [4.69, 9.17) is 9.84 Å². The van der Waals surface area contributed by atoms with Crippen LogP contribution in [0, 0.1) is 0 Å². The molecule has 0 aliphatic heterocycles. The normalized spacial score (nSPS) is 14.6. The van der Waals surface area contributed by atoms with E-state index in [1.165, 1.54) is 0 Å². The van der Waals surface area contributed by atoms with Crippen molar-refractivity contribution < 1.29 is 19.4 Å². The van der Waals surface area contributed by atoms with Crippen molar-refractivity contribution in [2.45, 2.75) is 64.4 Å². The molecule has 0 heterocycles. The summed E-state index contributed by atoms with van der Waals surface area (Å²) in [5.41, 5.74) is -0.626. The highest BCUT2D eigenvalue weighted by atomic mass is 32.2. The first-order valence-electron chi connectivity index (χ1n) is 6.49. The molecule has 2 N–H and O–H groups in total. The lowest BCUT2D eigenvalue weighted by Gasteiger charge is -2.22. The minimum Gasteiger partial charge on any atom is -0.480 e. The average molecular weight is 291 g/mol. The first-order chi connectivity index (χ1) is 8.65. The predicted molar refractivity (Wildman–Crippen MR) is 77.6 cm³/mol. The van der Waals surface area contributed by atoms with Gasteiger partial charge in [-0.3, -0.25) is 0 Å². The quantitative estimate of drug-likeness (QED) is 0.754. The third-order valence-electron chi connectivity index (χ3n) is 2.37. The minimum absolute atomic E-state index is 0.392. The van der Waals surface area contributed by atoms with Crippen LogP contribution in [0.25, 0.3) is 0 Å². The van der Waals surface area contributed by atoms with Gasteiger partial charge in [-0.2, -0.15) is 11.8 Å². The number of ether oxygens (including phenoxy) is 1. The van der Waals surface area contributed by atoms with Crippen molar-refractivity contribution in [3.8, 4) is 0 Å². The molecule has 0 rings (SSSR count). The van der Waals surface area contributed by atoms with Crippen LogP contribution >= 0.6 is 11.8 Å². The molecular formula is C13H25NO4S. The molecular weight excluding hydrogens is 266 g/mol. The van der Waals surface area contributed by atoms with E-state index in [-0.39, 0.29) is 0 Å². The third-order valence-corrected chi connectivity index (χ3v) is 3.75. The predicted octanol–water partition coefficient (Wildman–Crippen LogP) is 2.89. The molecule has 2 unspecified atom stereocenters. The van der Waals surface area contributed by atoms with Gasteiger partial charge in [0, 0.05) is 5.25 Å². The second-order valence-corrected chi connectivity index (χ2v) is 6.96. The van der Waals surface area contributed by atoms with Gasteiger partial charge in [0.25, 0.3) is 0 Å². The SMILES string of the molecule is CCC(C)SCCC(NC(=O)OC(C)(C)C)C(=O)O. The van der Waals surface area contributed by atoms with Gasteiger partial charge < -0.3 is 15.2 Å². The highest BCUT2D eigenvalue weighted by Gasteiger charge is 2.23. The maximum absolute atomic E-state index is 11.5. The van der Waals surface area contributed by atoms with E-state index in [2.05, 4.69) is 19.2 Å². The van der Waals surface area contributed by atoms with Crippen LogP contribution in [-0.4, -0.2) is 39.8 Å². The molecule has 19 heavy (non-hydrogen) atoms. The summed E-state index contributed by atoms with van der Waals surface area (Å²) in [7, 11) is 0. The standard InChI is InChI=1S/C13H25NO4S/c1-6-9(2)19-8-7-10(11(15)16)14-12(17)18-13(3,4)5/h9-10H,6-8H2,1-5H3,(H,14,17)(H,15,16). The first kappa shape index (κ1) is 18.1. The lowest BCUT2D eigenvalue weighted by atomic mass is 10.2. The monoisotopic (exact) mass is 291 g/mol. The van der Waals surface area contributed by atoms with Crippen molar-refractivity contribution in [1.82, 2.24) is 5.32 Å². The summed E-state index contributed by atoms with van der Waals surface area (Å²) in [6.07, 6.45) is 0.749. The Kier molecular flexibility index (Phi) is 7.90. The molecule has 0 bridgehead atoms. The Morgan fingerprint density at radius 3 is 2.37 bits per heavy atom. The van der Waals surface area contributed by atoms with Gasteiger partial charge in [0.15, 0.2) is 0 Å². The van der Waals surface area contributed by atoms with Crippen molar-refractivity contribution in [2.24, 2.45) is 0 Å². The number of carboxylic acid groups (broad SMARTS) is 1. The molecule has 0 spiro atoms. The van der Waals surface area contributed by atoms with Crippen molar-refractivity contribution in [3.63, 3.8) is 0 Å². The van der Waals surface area contributed by atoms with E-state index in [1.807, 2.05) is 0 Å². The smallest absolute Gasteiger partial charge is 0.408 e. The van der Waals surface area contributed by atoms with Crippen LogP contribution in [0.2, 0.25) is 0 Å². The van der Waals surface area contributed by atoms with E-state index < -0.39 is 23.7 Å². The van der Waals surface area contributed by atoms with Gasteiger partial charge in [0.05, 0.1) is 0 Å². The molecule has 0 fully saturated rings. The largest absolute Gasteiger partial charge is 0.480 e. The van der Waals surface area contributed by atoms with Gasteiger partial charge in [0.1, 0.15) is 11.6 Å². The van der Waals surface area contributed by atoms with Gasteiger partial charge in [-0.15, -0.1) is 0 Å². The number of hydrogen-bond acceptors (Lipinski definition) is 4. The zero-order valence-electron chi connectivity index (χ0n) is 12.4. The molecule has 5 nitrogen and oxygen atoms in total. The summed E-state index contributed by atoms with van der Waals surface area (Å²) >= 11 is 1.71. The molecule has 0 aromatic rings. The maximum Gasteiger partial charge on any atom is 0.408 e. The van der Waals surface area contributed by atoms with Crippen molar-refractivity contribution in [1.29, 1.82) is 0 Å². The van der Waals surface area contributed by atoms with Crippen LogP contribution < -0.4 is 5.32 Å². The summed E-state index contributed by atoms with van der Waals surface area (Å²) in [5, 5.41) is 12.0. The van der Waals surface area contributed by atoms with Crippen LogP contribution in [0.4, 0.5) is 4.79 Å². The molecule has 6 heteroatoms. The topological polar surface area (TPSA) is 75.6 Å². The minimum atomic E-state index is -1.03. The van der Waals surface area contributed by atoms with Gasteiger partial charge in [-0.1, -0.05) is 13.8 Å². The van der Waals surface area contributed by atoms with E-state index in [0.29, 0.717) is 17.4 Å². The highest BCUT2D eigenvalue weighted by molar-refractivity contribution is 7.99. The fourth-order valence-electron chi connectivity index (χ4n) is 1.21. The van der Waals surface area contributed by atoms with Crippen molar-refractivity contribution in [3.05, 3.63) is 0 Å². The van der Waals surface area contributed by atoms with Crippen molar-refractivity contribution in [2.75, 3.05) is 5.75 Å². The summed E-state index contributed by atoms with van der Waals surface area (Å²) in [4.78, 5) is 22.6. The van der Waals surface area contributed by atoms with Crippen LogP contribution in [0.5, 0.6) is 0 Å². The van der Waals surface area contributed by atoms with Gasteiger partial charge in [0.2, 0.25) is 0 Å². The molecule has 0 aromatic carbocycles. The summed E-state index contributed by atoms with van der Waals surface area (Å²) in [5.74, 6) is -0.336. The Labute approximate surface area is 119 Å². The van der Waals surface area contributed by atoms with E-state index in [1.54, 1.807) is 32.5 Å². The number of thioether (sulfide) groups is 1. The zero-order valence-corrected chi connectivity index (χ0v) is 13.2. The van der Waals surface area contributed by atoms with E-state index in [0.717, 1.165) is 6.42 Å². The second-order valence-electron chi connectivity index (χ2n) is 5.42. The Hall–Kier alpha value is -0.910. The number of amides is 1. The number of hydrogen-bond donors (Lipinski definition) is 2. The van der Waals surface area contributed by atoms with Gasteiger partial charge in [-0.05, 0) is 39.4 Å². The number of rotatable bonds is 7. The Balaban J connectivity index is 4.20. The molecule has 0 saturated carbocycles. The van der Waals surface area contributed by atoms with E-state index in [9.17, 15) is 9.59 Å². The maximum atomic E-state index is 11.5. The molecule has 2 atom stereocenters. The fourth-order valence-corrected chi connectivity index (χ4v) is 2.22. The average Bonchev–Trinajstić information content (AvgIpc) is 2.24. The summed E-state index contributed by atoms with van der Waals surface area (Å²) < 4.78 is 5.05. The number of carboxylic acids is 1. The fraction of sp³-hybridized carbons (Fsp3) is 0.846. The number of nitrogens with one attached hydrogen (secondary N) is 1. The van der Waals surface area contributed by atoms with Gasteiger partial charge >= 0.3 is 12.1 Å². The number of carbonyl (C=O) groups is 2. The molecule has 0 saturated heterocycles. The molecule has 112 valence electrons. The Bertz CT molecular complexity index is 302. The molecule has 0 aromatic heterocycles. The molecule has 0 aliphatic carbocycles. The van der Waals surface area contributed by atoms with Crippen LogP contribution in [0.15, 0.2) is 0 Å². The van der Waals surface area contributed by atoms with Crippen molar-refractivity contribution >= 4 is 23.8 Å². The van der Waals surface area contributed by atoms with Gasteiger partial charge in [-0.25, -0.2) is 9.59 Å². The third kappa shape index (κ3) is 9.64. The Morgan fingerprint density at radius 1 is 1.37 bits per heavy atom. The summed E-state index contributed by atoms with van der Waals surface area (Å²) in [6.45, 7) is 9.40. The zero-order chi connectivity index (χ0) is 15.1. The number of aliphatic carboxylic acids is 1. The van der Waals surface area contributed by atoms with Crippen LogP contribution in [-0.2, 0) is 9.53 Å². The first-order valence-corrected chi connectivity index (χ1v) is 7.54. The second kappa shape index (κ2) is 8.30. The summed E-state index contributed by atoms with van der Waals surface area (Å²) in [6, 6.07) is -0.897. The van der Waals surface area contributed by atoms with Crippen LogP contribution in [0.1, 0.15) is 47.5 Å². The Morgan fingerprint density at radius 2 is 1.95 bits per heavy atom. The number of carbonyl (C=O) groups excluding carboxylic acids is 1. The lowest BCUT2D eigenvalue weighted by molar-refractivity contribution is -0.139. The molecule has 1 amide bonds. The highest BCUT2D eigenvalue weighted by Crippen LogP contribution is 2.15. The molecule has 0 radical (unpaired) electrons. The lowest BCUT2D eigenvalue weighted by Crippen LogP contribution is -2.43. The number of alkyl carbamates (subject to hydrolysis) is 1. The molecule has 0 aliphatic rings. The van der Waals surface area contributed by atoms with Crippen LogP contribution in [0.3, 0.4) is 0 Å².